The summed E-state index contributed by atoms with van der Waals surface area (Å²) in [5.74, 6) is 1.03. The summed E-state index contributed by atoms with van der Waals surface area (Å²) < 4.78 is 5.35. The van der Waals surface area contributed by atoms with Crippen LogP contribution < -0.4 is 0 Å². The summed E-state index contributed by atoms with van der Waals surface area (Å²) in [7, 11) is 0. The first-order chi connectivity index (χ1) is 13.0. The monoisotopic (exact) mass is 392 g/mol. The third-order valence-electron chi connectivity index (χ3n) is 5.62. The number of carbonyl (C=O) groups is 2. The molecule has 1 aliphatic carbocycles. The van der Waals surface area contributed by atoms with Crippen LogP contribution in [-0.2, 0) is 14.3 Å². The average molecular weight is 392 g/mol. The number of phenols is 1. The largest absolute Gasteiger partial charge is 0.507 e. The molecule has 3 aliphatic rings. The fourth-order valence-electron chi connectivity index (χ4n) is 4.04. The Kier molecular flexibility index (Phi) is 5.29. The molecular weight excluding hydrogens is 368 g/mol. The summed E-state index contributed by atoms with van der Waals surface area (Å²) in [6, 6.07) is 6.90. The van der Waals surface area contributed by atoms with Gasteiger partial charge in [-0.25, -0.2) is 0 Å². The lowest BCUT2D eigenvalue weighted by Gasteiger charge is -2.22. The van der Waals surface area contributed by atoms with Crippen molar-refractivity contribution in [3.8, 4) is 5.75 Å². The molecule has 2 N–H and O–H groups in total. The molecule has 7 nitrogen and oxygen atoms in total. The van der Waals surface area contributed by atoms with Gasteiger partial charge in [0.25, 0.3) is 0 Å². The molecule has 1 saturated carbocycles. The normalized spacial score (nSPS) is 30.0. The van der Waals surface area contributed by atoms with Crippen LogP contribution in [0.5, 0.6) is 5.75 Å². The highest BCUT2D eigenvalue weighted by Crippen LogP contribution is 2.51. The minimum absolute atomic E-state index is 0.0322. The molecule has 2 amide bonds. The molecule has 0 bridgehead atoms. The smallest absolute Gasteiger partial charge is 0.233 e. The highest BCUT2D eigenvalue weighted by Gasteiger charge is 2.59. The van der Waals surface area contributed by atoms with E-state index in [4.69, 9.17) is 4.74 Å². The third kappa shape index (κ3) is 3.93. The van der Waals surface area contributed by atoms with Gasteiger partial charge in [0.05, 0.1) is 25.1 Å². The molecule has 8 heteroatoms. The van der Waals surface area contributed by atoms with Crippen LogP contribution in [0.1, 0.15) is 0 Å². The maximum absolute atomic E-state index is 12.7. The molecule has 2 heterocycles. The van der Waals surface area contributed by atoms with Gasteiger partial charge in [-0.3, -0.25) is 9.59 Å². The summed E-state index contributed by atoms with van der Waals surface area (Å²) in [6.07, 6.45) is -0.745. The predicted octanol–water partition coefficient (Wildman–Crippen LogP) is 0.408. The molecular formula is C19H24N2O5S. The zero-order chi connectivity index (χ0) is 19.0. The number of hydrogen-bond acceptors (Lipinski definition) is 6. The summed E-state index contributed by atoms with van der Waals surface area (Å²) >= 11 is 1.27. The Hall–Kier alpha value is -1.77. The Morgan fingerprint density at radius 3 is 2.52 bits per heavy atom. The van der Waals surface area contributed by atoms with Crippen molar-refractivity contribution in [1.82, 2.24) is 9.80 Å². The summed E-state index contributed by atoms with van der Waals surface area (Å²) in [5, 5.41) is 20.1. The topological polar surface area (TPSA) is 90.3 Å². The van der Waals surface area contributed by atoms with E-state index >= 15 is 0 Å². The summed E-state index contributed by atoms with van der Waals surface area (Å²) in [4.78, 5) is 29.2. The van der Waals surface area contributed by atoms with E-state index < -0.39 is 6.10 Å². The zero-order valence-electron chi connectivity index (χ0n) is 15.0. The summed E-state index contributed by atoms with van der Waals surface area (Å²) in [5.41, 5.74) is 0. The lowest BCUT2D eigenvalue weighted by Crippen LogP contribution is -2.39. The zero-order valence-corrected chi connectivity index (χ0v) is 15.8. The molecule has 4 rings (SSSR count). The van der Waals surface area contributed by atoms with Gasteiger partial charge in [-0.15, -0.1) is 11.8 Å². The maximum Gasteiger partial charge on any atom is 0.233 e. The van der Waals surface area contributed by atoms with Crippen molar-refractivity contribution in [1.29, 1.82) is 0 Å². The van der Waals surface area contributed by atoms with Crippen LogP contribution in [0, 0.1) is 17.8 Å². The Morgan fingerprint density at radius 2 is 1.78 bits per heavy atom. The van der Waals surface area contributed by atoms with Gasteiger partial charge in [0.2, 0.25) is 11.8 Å². The van der Waals surface area contributed by atoms with Crippen LogP contribution in [0.15, 0.2) is 29.2 Å². The first-order valence-electron chi connectivity index (χ1n) is 9.27. The number of aromatic hydroxyl groups is 1. The minimum atomic E-state index is -0.745. The number of thioether (sulfide) groups is 1. The number of nitrogens with zero attached hydrogens (tertiary/aromatic N) is 2. The van der Waals surface area contributed by atoms with E-state index in [0.717, 1.165) is 0 Å². The quantitative estimate of drug-likeness (QED) is 0.722. The first-order valence-corrected chi connectivity index (χ1v) is 10.3. The molecule has 1 aromatic carbocycles. The number of amides is 2. The second-order valence-corrected chi connectivity index (χ2v) is 8.44. The number of fused-ring (bicyclic) bond motifs is 1. The molecule has 2 saturated heterocycles. The highest BCUT2D eigenvalue weighted by molar-refractivity contribution is 8.00. The van der Waals surface area contributed by atoms with E-state index in [-0.39, 0.29) is 42.3 Å². The molecule has 0 radical (unpaired) electrons. The number of para-hydroxylation sites is 1. The molecule has 2 aliphatic heterocycles. The number of benzene rings is 1. The Bertz CT molecular complexity index is 720. The van der Waals surface area contributed by atoms with E-state index in [1.165, 1.54) is 11.8 Å². The van der Waals surface area contributed by atoms with Gasteiger partial charge in [-0.1, -0.05) is 12.1 Å². The van der Waals surface area contributed by atoms with Crippen molar-refractivity contribution in [2.24, 2.45) is 17.8 Å². The molecule has 0 aromatic heterocycles. The summed E-state index contributed by atoms with van der Waals surface area (Å²) in [6.45, 7) is 2.68. The second kappa shape index (κ2) is 7.69. The predicted molar refractivity (Wildman–Crippen MR) is 99.3 cm³/mol. The number of aliphatic hydroxyl groups excluding tert-OH is 1. The SMILES string of the molecule is O=C(CSc1ccccc1O)N1CCN(C(=O)C2[C@H]3COC[C@@H]23)CC(O)C1. The van der Waals surface area contributed by atoms with Gasteiger partial charge in [-0.05, 0) is 24.0 Å². The third-order valence-corrected chi connectivity index (χ3v) is 6.67. The van der Waals surface area contributed by atoms with Gasteiger partial charge in [0, 0.05) is 37.0 Å². The minimum Gasteiger partial charge on any atom is -0.507 e. The number of ether oxygens (including phenoxy) is 1. The van der Waals surface area contributed by atoms with Crippen molar-refractivity contribution >= 4 is 23.6 Å². The van der Waals surface area contributed by atoms with Crippen molar-refractivity contribution in [2.75, 3.05) is 45.1 Å². The first kappa shape index (κ1) is 18.6. The lowest BCUT2D eigenvalue weighted by molar-refractivity contribution is -0.135. The number of aliphatic hydroxyl groups is 1. The molecule has 1 aromatic rings. The van der Waals surface area contributed by atoms with E-state index in [1.807, 2.05) is 6.07 Å². The van der Waals surface area contributed by atoms with Gasteiger partial charge in [0.1, 0.15) is 5.75 Å². The Labute approximate surface area is 162 Å². The van der Waals surface area contributed by atoms with E-state index in [0.29, 0.717) is 43.0 Å². The van der Waals surface area contributed by atoms with Gasteiger partial charge >= 0.3 is 0 Å². The highest BCUT2D eigenvalue weighted by atomic mass is 32.2. The molecule has 4 atom stereocenters. The van der Waals surface area contributed by atoms with Crippen LogP contribution in [0.3, 0.4) is 0 Å². The van der Waals surface area contributed by atoms with Crippen LogP contribution in [0.4, 0.5) is 0 Å². The van der Waals surface area contributed by atoms with Gasteiger partial charge in [0.15, 0.2) is 0 Å². The van der Waals surface area contributed by atoms with Crippen molar-refractivity contribution in [3.05, 3.63) is 24.3 Å². The fourth-order valence-corrected chi connectivity index (χ4v) is 4.90. The maximum atomic E-state index is 12.7. The van der Waals surface area contributed by atoms with Gasteiger partial charge < -0.3 is 24.7 Å². The number of rotatable bonds is 4. The lowest BCUT2D eigenvalue weighted by atomic mass is 10.2. The molecule has 146 valence electrons. The number of phenolic OH excluding ortho intramolecular Hbond substituents is 1. The fraction of sp³-hybridized carbons (Fsp3) is 0.579. The van der Waals surface area contributed by atoms with E-state index in [2.05, 4.69) is 0 Å². The Balaban J connectivity index is 1.31. The van der Waals surface area contributed by atoms with Crippen LogP contribution in [-0.4, -0.2) is 83.1 Å². The number of β-amino-alcohol motifs (C(OH)–C–C–N with tert-alkyl or cyclic N) is 1. The van der Waals surface area contributed by atoms with Crippen LogP contribution in [0.2, 0.25) is 0 Å². The second-order valence-electron chi connectivity index (χ2n) is 7.43. The van der Waals surface area contributed by atoms with Crippen molar-refractivity contribution in [2.45, 2.75) is 11.0 Å². The standard InChI is InChI=1S/C19H24N2O5S/c22-12-7-20(17(24)11-27-16-4-2-1-3-15(16)23)5-6-21(8-12)19(25)18-13-9-26-10-14(13)18/h1-4,12-14,18,22-23H,5-11H2/t12?,13-,14+,18?. The van der Waals surface area contributed by atoms with Crippen LogP contribution in [0.25, 0.3) is 0 Å². The van der Waals surface area contributed by atoms with E-state index in [1.54, 1.807) is 28.0 Å². The molecule has 27 heavy (non-hydrogen) atoms. The van der Waals surface area contributed by atoms with Crippen LogP contribution >= 0.6 is 11.8 Å². The molecule has 3 fully saturated rings. The van der Waals surface area contributed by atoms with E-state index in [9.17, 15) is 19.8 Å². The molecule has 0 spiro atoms. The molecule has 2 unspecified atom stereocenters. The van der Waals surface area contributed by atoms with Crippen molar-refractivity contribution < 1.29 is 24.5 Å². The number of carbonyl (C=O) groups excluding carboxylic acids is 2. The van der Waals surface area contributed by atoms with Crippen molar-refractivity contribution in [3.63, 3.8) is 0 Å². The Morgan fingerprint density at radius 1 is 1.11 bits per heavy atom. The average Bonchev–Trinajstić information content (AvgIpc) is 3.22. The van der Waals surface area contributed by atoms with Gasteiger partial charge in [-0.2, -0.15) is 0 Å². The number of hydrogen-bond donors (Lipinski definition) is 2.